The van der Waals surface area contributed by atoms with E-state index in [2.05, 4.69) is 10.1 Å². The minimum Gasteiger partial charge on any atom is -0.482 e. The maximum absolute atomic E-state index is 5.71. The molecule has 0 spiro atoms. The topological polar surface area (TPSA) is 51.0 Å². The molecule has 1 atom stereocenters. The zero-order valence-electron chi connectivity index (χ0n) is 7.77. The molecule has 1 N–H and O–H groups in total. The molecule has 5 heteroatoms. The monoisotopic (exact) mass is 220 g/mol. The Morgan fingerprint density at radius 3 is 3.00 bits per heavy atom. The highest BCUT2D eigenvalue weighted by Gasteiger charge is 2.26. The molecule has 4 nitrogen and oxygen atoms in total. The Morgan fingerprint density at radius 1 is 1.40 bits per heavy atom. The fourth-order valence-corrected chi connectivity index (χ4v) is 1.85. The number of benzene rings is 1. The van der Waals surface area contributed by atoms with Gasteiger partial charge in [0.25, 0.3) is 0 Å². The summed E-state index contributed by atoms with van der Waals surface area (Å²) < 4.78 is 10.6. The third-order valence-electron chi connectivity index (χ3n) is 2.41. The van der Waals surface area contributed by atoms with Gasteiger partial charge in [0, 0.05) is 6.42 Å². The van der Waals surface area contributed by atoms with Crippen molar-refractivity contribution in [3.05, 3.63) is 40.5 Å². The first-order chi connectivity index (χ1) is 7.33. The van der Waals surface area contributed by atoms with Gasteiger partial charge in [-0.3, -0.25) is 0 Å². The standard InChI is InChI=1S/C10H8N2O2S/c15-10-11-9(12-14-10)8-5-6-3-1-2-4-7(6)13-8/h1-4,8H,5H2,(H,11,12,15). The minimum atomic E-state index is -0.108. The van der Waals surface area contributed by atoms with Crippen molar-refractivity contribution in [2.24, 2.45) is 0 Å². The van der Waals surface area contributed by atoms with Gasteiger partial charge in [-0.05, 0) is 23.8 Å². The molecule has 0 fully saturated rings. The van der Waals surface area contributed by atoms with Crippen molar-refractivity contribution in [3.63, 3.8) is 0 Å². The van der Waals surface area contributed by atoms with Crippen LogP contribution in [0.15, 0.2) is 28.8 Å². The van der Waals surface area contributed by atoms with E-state index in [1.807, 2.05) is 24.3 Å². The van der Waals surface area contributed by atoms with Gasteiger partial charge in [0.05, 0.1) is 0 Å². The van der Waals surface area contributed by atoms with E-state index >= 15 is 0 Å². The number of ether oxygens (including phenoxy) is 1. The quantitative estimate of drug-likeness (QED) is 0.750. The molecule has 0 aliphatic carbocycles. The van der Waals surface area contributed by atoms with Crippen molar-refractivity contribution in [2.45, 2.75) is 12.5 Å². The predicted molar refractivity (Wildman–Crippen MR) is 55.2 cm³/mol. The molecule has 0 saturated carbocycles. The van der Waals surface area contributed by atoms with Crippen LogP contribution in [-0.4, -0.2) is 10.1 Å². The van der Waals surface area contributed by atoms with E-state index in [0.717, 1.165) is 12.2 Å². The number of rotatable bonds is 1. The molecule has 1 aliphatic rings. The number of hydrogen-bond acceptors (Lipinski definition) is 4. The van der Waals surface area contributed by atoms with Crippen LogP contribution in [0.4, 0.5) is 0 Å². The van der Waals surface area contributed by atoms with Gasteiger partial charge in [0.2, 0.25) is 0 Å². The lowest BCUT2D eigenvalue weighted by atomic mass is 10.1. The molecule has 1 aliphatic heterocycles. The molecule has 1 aromatic carbocycles. The van der Waals surface area contributed by atoms with Crippen LogP contribution < -0.4 is 4.74 Å². The number of aromatic amines is 1. The van der Waals surface area contributed by atoms with Crippen molar-refractivity contribution in [2.75, 3.05) is 0 Å². The summed E-state index contributed by atoms with van der Waals surface area (Å²) in [5, 5.41) is 2.67. The summed E-state index contributed by atoms with van der Waals surface area (Å²) in [7, 11) is 0. The fraction of sp³-hybridized carbons (Fsp3) is 0.200. The highest BCUT2D eigenvalue weighted by Crippen LogP contribution is 2.34. The lowest BCUT2D eigenvalue weighted by molar-refractivity contribution is 0.221. The predicted octanol–water partition coefficient (Wildman–Crippen LogP) is 2.41. The second-order valence-corrected chi connectivity index (χ2v) is 3.73. The van der Waals surface area contributed by atoms with Crippen LogP contribution in [0.3, 0.4) is 0 Å². The van der Waals surface area contributed by atoms with Gasteiger partial charge in [0.1, 0.15) is 5.75 Å². The molecular formula is C10H8N2O2S. The van der Waals surface area contributed by atoms with E-state index in [4.69, 9.17) is 21.5 Å². The van der Waals surface area contributed by atoms with Crippen LogP contribution in [0.5, 0.6) is 5.75 Å². The fourth-order valence-electron chi connectivity index (χ4n) is 1.71. The highest BCUT2D eigenvalue weighted by molar-refractivity contribution is 7.71. The number of nitrogens with zero attached hydrogens (tertiary/aromatic N) is 1. The van der Waals surface area contributed by atoms with Crippen LogP contribution in [0.25, 0.3) is 0 Å². The van der Waals surface area contributed by atoms with E-state index in [0.29, 0.717) is 5.82 Å². The van der Waals surface area contributed by atoms with E-state index < -0.39 is 0 Å². The van der Waals surface area contributed by atoms with Crippen molar-refractivity contribution >= 4 is 12.2 Å². The maximum atomic E-state index is 5.71. The summed E-state index contributed by atoms with van der Waals surface area (Å²) in [5.74, 6) is 1.56. The van der Waals surface area contributed by atoms with E-state index in [1.165, 1.54) is 5.56 Å². The SMILES string of the molecule is S=c1nc(C2Cc3ccccc3O2)[nH]o1. The Kier molecular flexibility index (Phi) is 1.85. The van der Waals surface area contributed by atoms with Gasteiger partial charge < -0.3 is 9.26 Å². The normalized spacial score (nSPS) is 18.5. The third kappa shape index (κ3) is 1.45. The number of H-pyrrole nitrogens is 1. The van der Waals surface area contributed by atoms with E-state index in [-0.39, 0.29) is 10.9 Å². The molecule has 15 heavy (non-hydrogen) atoms. The Labute approximate surface area is 90.9 Å². The summed E-state index contributed by atoms with van der Waals surface area (Å²) in [5.41, 5.74) is 1.19. The first-order valence-electron chi connectivity index (χ1n) is 4.63. The third-order valence-corrected chi connectivity index (χ3v) is 2.58. The molecule has 1 unspecified atom stereocenters. The maximum Gasteiger partial charge on any atom is 0.314 e. The first-order valence-corrected chi connectivity index (χ1v) is 5.04. The van der Waals surface area contributed by atoms with Gasteiger partial charge in [-0.2, -0.15) is 4.98 Å². The average Bonchev–Trinajstić information content (AvgIpc) is 2.82. The molecule has 1 aromatic heterocycles. The summed E-state index contributed by atoms with van der Waals surface area (Å²) >= 11 is 4.79. The molecule has 2 aromatic rings. The molecule has 2 heterocycles. The molecule has 0 saturated heterocycles. The van der Waals surface area contributed by atoms with Gasteiger partial charge >= 0.3 is 4.84 Å². The van der Waals surface area contributed by atoms with Crippen molar-refractivity contribution < 1.29 is 9.26 Å². The van der Waals surface area contributed by atoms with E-state index in [1.54, 1.807) is 0 Å². The number of para-hydroxylation sites is 1. The molecule has 3 rings (SSSR count). The van der Waals surface area contributed by atoms with Crippen LogP contribution >= 0.6 is 12.2 Å². The molecule has 76 valence electrons. The van der Waals surface area contributed by atoms with Crippen LogP contribution in [0.1, 0.15) is 17.5 Å². The number of aromatic nitrogens is 2. The van der Waals surface area contributed by atoms with Gasteiger partial charge in [-0.15, -0.1) is 0 Å². The Balaban J connectivity index is 1.93. The number of nitrogens with one attached hydrogen (secondary N) is 1. The lowest BCUT2D eigenvalue weighted by Gasteiger charge is -2.04. The van der Waals surface area contributed by atoms with Crippen LogP contribution in [0, 0.1) is 4.84 Å². The molecule has 0 amide bonds. The number of fused-ring (bicyclic) bond motifs is 1. The summed E-state index contributed by atoms with van der Waals surface area (Å²) in [6.07, 6.45) is 0.691. The second kappa shape index (κ2) is 3.20. The minimum absolute atomic E-state index is 0.108. The highest BCUT2D eigenvalue weighted by atomic mass is 32.1. The summed E-state index contributed by atoms with van der Waals surface area (Å²) in [4.78, 5) is 4.26. The van der Waals surface area contributed by atoms with Crippen LogP contribution in [0.2, 0.25) is 0 Å². The van der Waals surface area contributed by atoms with Gasteiger partial charge in [-0.25, -0.2) is 5.16 Å². The molecule has 0 radical (unpaired) electrons. The van der Waals surface area contributed by atoms with Crippen molar-refractivity contribution in [1.29, 1.82) is 0 Å². The Bertz CT molecular complexity index is 521. The summed E-state index contributed by atoms with van der Waals surface area (Å²) in [6.45, 7) is 0. The second-order valence-electron chi connectivity index (χ2n) is 3.39. The molecule has 0 bridgehead atoms. The number of hydrogen-bond donors (Lipinski definition) is 1. The zero-order valence-corrected chi connectivity index (χ0v) is 8.58. The Hall–Kier alpha value is -1.62. The van der Waals surface area contributed by atoms with E-state index in [9.17, 15) is 0 Å². The van der Waals surface area contributed by atoms with Gasteiger partial charge in [0.15, 0.2) is 11.9 Å². The van der Waals surface area contributed by atoms with Crippen molar-refractivity contribution in [1.82, 2.24) is 10.1 Å². The smallest absolute Gasteiger partial charge is 0.314 e. The van der Waals surface area contributed by atoms with Crippen LogP contribution in [-0.2, 0) is 6.42 Å². The average molecular weight is 220 g/mol. The van der Waals surface area contributed by atoms with Gasteiger partial charge in [-0.1, -0.05) is 18.2 Å². The summed E-state index contributed by atoms with van der Waals surface area (Å²) in [6, 6.07) is 7.94. The zero-order chi connectivity index (χ0) is 10.3. The first kappa shape index (κ1) is 8.67. The van der Waals surface area contributed by atoms with Crippen molar-refractivity contribution in [3.8, 4) is 5.75 Å². The largest absolute Gasteiger partial charge is 0.482 e. The Morgan fingerprint density at radius 2 is 2.27 bits per heavy atom. The lowest BCUT2D eigenvalue weighted by Crippen LogP contribution is -2.04. The molecular weight excluding hydrogens is 212 g/mol.